The van der Waals surface area contributed by atoms with E-state index in [9.17, 15) is 9.59 Å². The summed E-state index contributed by atoms with van der Waals surface area (Å²) in [7, 11) is 0. The van der Waals surface area contributed by atoms with Crippen molar-refractivity contribution in [1.29, 1.82) is 0 Å². The molecule has 116 valence electrons. The van der Waals surface area contributed by atoms with E-state index in [-0.39, 0.29) is 18.0 Å². The standard InChI is InChI=1S/C14H27N3O3/c1-5-20-14(19)17-8-6-16(7-9-17)10-13(18)15-12(4)11(2)3/h11-12H,5-10H2,1-4H3,(H,15,18). The van der Waals surface area contributed by atoms with Crippen molar-refractivity contribution < 1.29 is 14.3 Å². The Bertz CT molecular complexity index is 326. The van der Waals surface area contributed by atoms with Gasteiger partial charge < -0.3 is 15.0 Å². The van der Waals surface area contributed by atoms with Crippen LogP contribution in [-0.4, -0.2) is 67.2 Å². The van der Waals surface area contributed by atoms with E-state index in [0.717, 1.165) is 0 Å². The van der Waals surface area contributed by atoms with Crippen molar-refractivity contribution in [2.75, 3.05) is 39.3 Å². The summed E-state index contributed by atoms with van der Waals surface area (Å²) in [6.07, 6.45) is -0.259. The van der Waals surface area contributed by atoms with Gasteiger partial charge in [-0.25, -0.2) is 4.79 Å². The average molecular weight is 285 g/mol. The number of nitrogens with zero attached hydrogens (tertiary/aromatic N) is 2. The molecule has 1 fully saturated rings. The molecule has 2 amide bonds. The minimum absolute atomic E-state index is 0.0517. The molecule has 1 saturated heterocycles. The second-order valence-corrected chi connectivity index (χ2v) is 5.56. The first-order valence-electron chi connectivity index (χ1n) is 7.37. The summed E-state index contributed by atoms with van der Waals surface area (Å²) in [5, 5.41) is 3.00. The van der Waals surface area contributed by atoms with Crippen LogP contribution in [0.4, 0.5) is 4.79 Å². The molecule has 6 nitrogen and oxygen atoms in total. The fraction of sp³-hybridized carbons (Fsp3) is 0.857. The molecule has 1 atom stereocenters. The van der Waals surface area contributed by atoms with Crippen molar-refractivity contribution in [1.82, 2.24) is 15.1 Å². The van der Waals surface area contributed by atoms with Gasteiger partial charge in [-0.2, -0.15) is 0 Å². The van der Waals surface area contributed by atoms with Crippen molar-refractivity contribution >= 4 is 12.0 Å². The van der Waals surface area contributed by atoms with Crippen LogP contribution >= 0.6 is 0 Å². The highest BCUT2D eigenvalue weighted by Gasteiger charge is 2.23. The Labute approximate surface area is 121 Å². The summed E-state index contributed by atoms with van der Waals surface area (Å²) in [6, 6.07) is 0.184. The first-order valence-corrected chi connectivity index (χ1v) is 7.37. The molecule has 0 aromatic carbocycles. The number of amides is 2. The Morgan fingerprint density at radius 2 is 1.75 bits per heavy atom. The van der Waals surface area contributed by atoms with Gasteiger partial charge in [-0.05, 0) is 19.8 Å². The molecule has 1 rings (SSSR count). The van der Waals surface area contributed by atoms with E-state index in [1.54, 1.807) is 11.8 Å². The molecule has 0 aromatic rings. The largest absolute Gasteiger partial charge is 0.450 e. The number of carbonyl (C=O) groups excluding carboxylic acids is 2. The minimum atomic E-state index is -0.259. The summed E-state index contributed by atoms with van der Waals surface area (Å²) >= 11 is 0. The lowest BCUT2D eigenvalue weighted by molar-refractivity contribution is -0.123. The van der Waals surface area contributed by atoms with Crippen LogP contribution in [0.3, 0.4) is 0 Å². The van der Waals surface area contributed by atoms with Crippen molar-refractivity contribution in [3.05, 3.63) is 0 Å². The molecule has 1 aliphatic heterocycles. The van der Waals surface area contributed by atoms with Crippen molar-refractivity contribution in [2.45, 2.75) is 33.7 Å². The van der Waals surface area contributed by atoms with Crippen LogP contribution in [-0.2, 0) is 9.53 Å². The van der Waals surface area contributed by atoms with Gasteiger partial charge >= 0.3 is 6.09 Å². The Hall–Kier alpha value is -1.30. The Morgan fingerprint density at radius 1 is 1.15 bits per heavy atom. The van der Waals surface area contributed by atoms with Gasteiger partial charge in [0, 0.05) is 32.2 Å². The van der Waals surface area contributed by atoms with E-state index in [2.05, 4.69) is 24.1 Å². The van der Waals surface area contributed by atoms with Gasteiger partial charge in [0.2, 0.25) is 5.91 Å². The zero-order valence-electron chi connectivity index (χ0n) is 13.0. The smallest absolute Gasteiger partial charge is 0.409 e. The lowest BCUT2D eigenvalue weighted by Gasteiger charge is -2.33. The Kier molecular flexibility index (Phi) is 6.78. The van der Waals surface area contributed by atoms with Crippen molar-refractivity contribution in [2.24, 2.45) is 5.92 Å². The number of piperazine rings is 1. The third-order valence-corrected chi connectivity index (χ3v) is 3.65. The zero-order valence-corrected chi connectivity index (χ0v) is 13.0. The molecule has 6 heteroatoms. The predicted octanol–water partition coefficient (Wildman–Crippen LogP) is 0.921. The normalized spacial score (nSPS) is 17.9. The molecule has 0 spiro atoms. The average Bonchev–Trinajstić information content (AvgIpc) is 2.39. The van der Waals surface area contributed by atoms with Gasteiger partial charge in [-0.1, -0.05) is 13.8 Å². The van der Waals surface area contributed by atoms with E-state index in [1.807, 2.05) is 6.92 Å². The zero-order chi connectivity index (χ0) is 15.1. The molecule has 0 aliphatic carbocycles. The van der Waals surface area contributed by atoms with Gasteiger partial charge in [-0.15, -0.1) is 0 Å². The van der Waals surface area contributed by atoms with E-state index >= 15 is 0 Å². The molecular weight excluding hydrogens is 258 g/mol. The number of hydrogen-bond donors (Lipinski definition) is 1. The lowest BCUT2D eigenvalue weighted by atomic mass is 10.1. The second kappa shape index (κ2) is 8.09. The van der Waals surface area contributed by atoms with Gasteiger partial charge in [-0.3, -0.25) is 9.69 Å². The van der Waals surface area contributed by atoms with Crippen molar-refractivity contribution in [3.63, 3.8) is 0 Å². The molecule has 1 aliphatic rings. The maximum atomic E-state index is 11.9. The maximum Gasteiger partial charge on any atom is 0.409 e. The SMILES string of the molecule is CCOC(=O)N1CCN(CC(=O)NC(C)C(C)C)CC1. The number of ether oxygens (including phenoxy) is 1. The molecule has 0 saturated carbocycles. The van der Waals surface area contributed by atoms with E-state index in [1.165, 1.54) is 0 Å². The van der Waals surface area contributed by atoms with Gasteiger partial charge in [0.1, 0.15) is 0 Å². The summed E-state index contributed by atoms with van der Waals surface area (Å²) < 4.78 is 4.97. The molecule has 1 heterocycles. The van der Waals surface area contributed by atoms with Gasteiger partial charge in [0.25, 0.3) is 0 Å². The monoisotopic (exact) mass is 285 g/mol. The summed E-state index contributed by atoms with van der Waals surface area (Å²) in [6.45, 7) is 11.4. The fourth-order valence-corrected chi connectivity index (χ4v) is 1.97. The Morgan fingerprint density at radius 3 is 2.25 bits per heavy atom. The van der Waals surface area contributed by atoms with E-state index in [4.69, 9.17) is 4.74 Å². The molecule has 1 N–H and O–H groups in total. The summed E-state index contributed by atoms with van der Waals surface area (Å²) in [4.78, 5) is 27.2. The Balaban J connectivity index is 2.28. The van der Waals surface area contributed by atoms with Crippen LogP contribution in [0.5, 0.6) is 0 Å². The van der Waals surface area contributed by atoms with Crippen LogP contribution in [0.25, 0.3) is 0 Å². The third-order valence-electron chi connectivity index (χ3n) is 3.65. The molecule has 20 heavy (non-hydrogen) atoms. The molecular formula is C14H27N3O3. The van der Waals surface area contributed by atoms with Crippen LogP contribution in [0.2, 0.25) is 0 Å². The highest BCUT2D eigenvalue weighted by Crippen LogP contribution is 2.04. The number of carbonyl (C=O) groups is 2. The van der Waals surface area contributed by atoms with E-state index in [0.29, 0.717) is 45.2 Å². The van der Waals surface area contributed by atoms with Crippen molar-refractivity contribution in [3.8, 4) is 0 Å². The van der Waals surface area contributed by atoms with Crippen LogP contribution in [0.15, 0.2) is 0 Å². The van der Waals surface area contributed by atoms with Gasteiger partial charge in [0.15, 0.2) is 0 Å². The second-order valence-electron chi connectivity index (χ2n) is 5.56. The summed E-state index contributed by atoms with van der Waals surface area (Å²) in [5.74, 6) is 0.482. The van der Waals surface area contributed by atoms with E-state index < -0.39 is 0 Å². The van der Waals surface area contributed by atoms with Crippen LogP contribution < -0.4 is 5.32 Å². The molecule has 0 aromatic heterocycles. The molecule has 0 radical (unpaired) electrons. The topological polar surface area (TPSA) is 61.9 Å². The first kappa shape index (κ1) is 16.8. The van der Waals surface area contributed by atoms with Crippen LogP contribution in [0, 0.1) is 5.92 Å². The first-order chi connectivity index (χ1) is 9.43. The number of nitrogens with one attached hydrogen (secondary N) is 1. The minimum Gasteiger partial charge on any atom is -0.450 e. The van der Waals surface area contributed by atoms with Gasteiger partial charge in [0.05, 0.1) is 13.2 Å². The molecule has 1 unspecified atom stereocenters. The molecule has 0 bridgehead atoms. The third kappa shape index (κ3) is 5.36. The predicted molar refractivity (Wildman–Crippen MR) is 77.5 cm³/mol. The van der Waals surface area contributed by atoms with Crippen LogP contribution in [0.1, 0.15) is 27.7 Å². The number of hydrogen-bond acceptors (Lipinski definition) is 4. The number of rotatable bonds is 5. The highest BCUT2D eigenvalue weighted by molar-refractivity contribution is 5.78. The fourth-order valence-electron chi connectivity index (χ4n) is 1.97. The lowest BCUT2D eigenvalue weighted by Crippen LogP contribution is -2.52. The summed E-state index contributed by atoms with van der Waals surface area (Å²) in [5.41, 5.74) is 0. The maximum absolute atomic E-state index is 11.9. The quantitative estimate of drug-likeness (QED) is 0.816. The highest BCUT2D eigenvalue weighted by atomic mass is 16.6.